The summed E-state index contributed by atoms with van der Waals surface area (Å²) >= 11 is 0. The van der Waals surface area contributed by atoms with Crippen LogP contribution in [-0.4, -0.2) is 11.9 Å². The minimum absolute atomic E-state index is 0. The van der Waals surface area contributed by atoms with E-state index in [0.29, 0.717) is 29.4 Å². The van der Waals surface area contributed by atoms with Crippen LogP contribution >= 0.6 is 0 Å². The van der Waals surface area contributed by atoms with Crippen LogP contribution in [0.1, 0.15) is 47.4 Å². The van der Waals surface area contributed by atoms with Gasteiger partial charge in [0, 0.05) is 34.9 Å². The third-order valence-electron chi connectivity index (χ3n) is 9.18. The number of para-hydroxylation sites is 3. The van der Waals surface area contributed by atoms with E-state index in [2.05, 4.69) is 96.8 Å². The van der Waals surface area contributed by atoms with Crippen LogP contribution in [0.15, 0.2) is 127 Å². The third-order valence-corrected chi connectivity index (χ3v) is 9.18. The molecule has 3 aliphatic rings. The first-order chi connectivity index (χ1) is 21.0. The van der Waals surface area contributed by atoms with Gasteiger partial charge in [-0.05, 0) is 71.5 Å². The fourth-order valence-electron chi connectivity index (χ4n) is 7.41. The number of fused-ring (bicyclic) bond motifs is 4. The molecule has 0 aromatic heterocycles. The van der Waals surface area contributed by atoms with Crippen LogP contribution < -0.4 is 9.80 Å². The van der Waals surface area contributed by atoms with Crippen LogP contribution in [0.25, 0.3) is 5.41 Å². The van der Waals surface area contributed by atoms with Gasteiger partial charge in [-0.25, -0.2) is 8.78 Å². The Morgan fingerprint density at radius 3 is 1.91 bits per heavy atom. The van der Waals surface area contributed by atoms with Crippen LogP contribution in [0.2, 0.25) is 0 Å². The smallest absolute Gasteiger partial charge is 0.464 e. The van der Waals surface area contributed by atoms with E-state index in [0.717, 1.165) is 5.56 Å². The molecule has 0 radical (unpaired) electrons. The molecular formula is C41H41F2N3Ti. The Bertz CT molecular complexity index is 1760. The quantitative estimate of drug-likeness (QED) is 0.142. The summed E-state index contributed by atoms with van der Waals surface area (Å²) in [5.41, 5.74) is 6.97. The van der Waals surface area contributed by atoms with E-state index in [1.807, 2.05) is 12.1 Å². The first kappa shape index (κ1) is 37.4. The Kier molecular flexibility index (Phi) is 12.5. The zero-order valence-corrected chi connectivity index (χ0v) is 29.0. The first-order valence-corrected chi connectivity index (χ1v) is 14.9. The maximum absolute atomic E-state index is 13.7. The molecule has 47 heavy (non-hydrogen) atoms. The van der Waals surface area contributed by atoms with Crippen LogP contribution in [0.4, 0.5) is 25.8 Å². The number of nitrogens with zero attached hydrogens (tertiary/aromatic N) is 3. The van der Waals surface area contributed by atoms with Gasteiger partial charge in [-0.1, -0.05) is 110 Å². The Morgan fingerprint density at radius 1 is 0.681 bits per heavy atom. The standard InChI is InChI=1S/C24H23N.C14H9F2N2.3CH3.Ti/c1-17-16-21-20-14-8-9-15-22(20)25(19-12-6-3-7-13-19)24(21)23(17)18-10-4-2-5-11-18;15-11-6-3-7-12(16)13(11)18-8-9-4-1-2-5-10(9)14(18)17;;;;/h2-15,17,21,23-24H,16H2,1H3;1-7H,8H2;3*1H3;/q;4*-1;+4. The summed E-state index contributed by atoms with van der Waals surface area (Å²) < 4.78 is 27.4. The van der Waals surface area contributed by atoms with Gasteiger partial charge in [0.2, 0.25) is 0 Å². The molecule has 0 spiro atoms. The summed E-state index contributed by atoms with van der Waals surface area (Å²) in [6, 6.07) is 42.4. The topological polar surface area (TPSA) is 28.8 Å². The van der Waals surface area contributed by atoms with Crippen molar-refractivity contribution in [3.05, 3.63) is 189 Å². The van der Waals surface area contributed by atoms with Crippen molar-refractivity contribution in [2.24, 2.45) is 5.92 Å². The van der Waals surface area contributed by atoms with Crippen molar-refractivity contribution in [1.29, 1.82) is 0 Å². The molecule has 6 heteroatoms. The SMILES string of the molecule is CC1CC2c3ccccc3N(c3ccccc3)C2C1c1ccccc1.[CH3-].[CH3-].[CH3-].[N-]=C1c2ccccc2CN1c1c(F)cccc1F.[Ti+4]. The van der Waals surface area contributed by atoms with Crippen LogP contribution in [0.3, 0.4) is 0 Å². The van der Waals surface area contributed by atoms with Gasteiger partial charge in [0.25, 0.3) is 0 Å². The van der Waals surface area contributed by atoms with Crippen molar-refractivity contribution in [2.75, 3.05) is 9.80 Å². The average Bonchev–Trinajstić information content (AvgIpc) is 3.66. The van der Waals surface area contributed by atoms with Crippen molar-refractivity contribution in [2.45, 2.75) is 37.8 Å². The normalized spacial score (nSPS) is 19.8. The molecule has 0 bridgehead atoms. The molecule has 1 fully saturated rings. The molecule has 4 unspecified atom stereocenters. The van der Waals surface area contributed by atoms with Crippen molar-refractivity contribution in [1.82, 2.24) is 0 Å². The average molecular weight is 662 g/mol. The summed E-state index contributed by atoms with van der Waals surface area (Å²) in [6.45, 7) is 2.70. The zero-order valence-electron chi connectivity index (χ0n) is 27.4. The fraction of sp³-hybridized carbons (Fsp3) is 0.171. The number of rotatable bonds is 3. The predicted octanol–water partition coefficient (Wildman–Crippen LogP) is 10.8. The minimum Gasteiger partial charge on any atom is -0.464 e. The Labute approximate surface area is 294 Å². The Morgan fingerprint density at radius 2 is 1.26 bits per heavy atom. The molecule has 4 atom stereocenters. The van der Waals surface area contributed by atoms with E-state index in [9.17, 15) is 14.2 Å². The molecule has 3 nitrogen and oxygen atoms in total. The molecule has 0 saturated heterocycles. The van der Waals surface area contributed by atoms with Crippen molar-refractivity contribution in [3.8, 4) is 0 Å². The van der Waals surface area contributed by atoms with Crippen LogP contribution in [-0.2, 0) is 28.3 Å². The van der Waals surface area contributed by atoms with E-state index in [1.165, 1.54) is 52.0 Å². The van der Waals surface area contributed by atoms with Crippen molar-refractivity contribution < 1.29 is 30.5 Å². The molecular weight excluding hydrogens is 620 g/mol. The van der Waals surface area contributed by atoms with Gasteiger partial charge in [0.15, 0.2) is 0 Å². The van der Waals surface area contributed by atoms with Gasteiger partial charge in [0.1, 0.15) is 11.6 Å². The molecule has 2 aliphatic heterocycles. The Hall–Kier alpha value is -4.06. The molecule has 1 aliphatic carbocycles. The summed E-state index contributed by atoms with van der Waals surface area (Å²) in [5, 5.41) is 10.1. The van der Waals surface area contributed by atoms with Gasteiger partial charge in [0.05, 0.1) is 0 Å². The predicted molar refractivity (Wildman–Crippen MR) is 190 cm³/mol. The molecule has 2 heterocycles. The van der Waals surface area contributed by atoms with Gasteiger partial charge in [-0.15, -0.1) is 0 Å². The third kappa shape index (κ3) is 6.70. The summed E-state index contributed by atoms with van der Waals surface area (Å²) in [5.74, 6) is 0.394. The van der Waals surface area contributed by atoms with Gasteiger partial charge < -0.3 is 37.5 Å². The maximum atomic E-state index is 13.7. The monoisotopic (exact) mass is 661 g/mol. The van der Waals surface area contributed by atoms with Crippen LogP contribution in [0, 0.1) is 39.8 Å². The maximum Gasteiger partial charge on any atom is 4.00 e. The molecule has 5 aromatic rings. The van der Waals surface area contributed by atoms with E-state index in [4.69, 9.17) is 0 Å². The second kappa shape index (κ2) is 15.7. The molecule has 8 rings (SSSR count). The molecule has 5 aromatic carbocycles. The number of hydrogen-bond acceptors (Lipinski definition) is 1. The van der Waals surface area contributed by atoms with Crippen LogP contribution in [0.5, 0.6) is 0 Å². The number of anilines is 3. The second-order valence-corrected chi connectivity index (χ2v) is 11.6. The summed E-state index contributed by atoms with van der Waals surface area (Å²) in [7, 11) is 0. The van der Waals surface area contributed by atoms with E-state index in [-0.39, 0.29) is 62.1 Å². The number of benzene rings is 5. The van der Waals surface area contributed by atoms with E-state index < -0.39 is 11.6 Å². The second-order valence-electron chi connectivity index (χ2n) is 11.6. The zero-order chi connectivity index (χ0) is 29.5. The summed E-state index contributed by atoms with van der Waals surface area (Å²) in [4.78, 5) is 3.86. The van der Waals surface area contributed by atoms with Gasteiger partial charge in [-0.2, -0.15) is 0 Å². The molecule has 1 saturated carbocycles. The van der Waals surface area contributed by atoms with Gasteiger partial charge in [-0.3, -0.25) is 0 Å². The van der Waals surface area contributed by atoms with E-state index >= 15 is 0 Å². The number of halogens is 2. The molecule has 0 amide bonds. The molecule has 238 valence electrons. The fourth-order valence-corrected chi connectivity index (χ4v) is 7.41. The number of amidine groups is 1. The number of hydrogen-bond donors (Lipinski definition) is 0. The molecule has 0 N–H and O–H groups in total. The Balaban J connectivity index is 0.000000246. The largest absolute Gasteiger partial charge is 4.00 e. The van der Waals surface area contributed by atoms with Crippen molar-refractivity contribution >= 4 is 22.9 Å². The first-order valence-electron chi connectivity index (χ1n) is 14.9. The van der Waals surface area contributed by atoms with E-state index in [1.54, 1.807) is 12.1 Å². The minimum atomic E-state index is -0.686. The van der Waals surface area contributed by atoms with Gasteiger partial charge >= 0.3 is 21.7 Å². The summed E-state index contributed by atoms with van der Waals surface area (Å²) in [6.07, 6.45) is 1.27. The van der Waals surface area contributed by atoms with Crippen molar-refractivity contribution in [3.63, 3.8) is 0 Å².